The summed E-state index contributed by atoms with van der Waals surface area (Å²) in [4.78, 5) is 0.202. The van der Waals surface area contributed by atoms with Gasteiger partial charge in [0.15, 0.2) is 0 Å². The third kappa shape index (κ3) is 3.64. The summed E-state index contributed by atoms with van der Waals surface area (Å²) in [6.07, 6.45) is 0.416. The Morgan fingerprint density at radius 3 is 2.20 bits per heavy atom. The highest BCUT2D eigenvalue weighted by molar-refractivity contribution is 7.89. The molecule has 0 N–H and O–H groups in total. The van der Waals surface area contributed by atoms with Gasteiger partial charge in [0, 0.05) is 12.0 Å². The lowest BCUT2D eigenvalue weighted by atomic mass is 9.98. The van der Waals surface area contributed by atoms with E-state index in [1.807, 2.05) is 36.4 Å². The SMILES string of the molecule is COc1ccc(OC)c(C2=NN(S(=O)(=O)c3ccccc3)[C@H](c3ccccc3)C2)c1. The first kappa shape index (κ1) is 20.0. The number of hydrazone groups is 1. The molecule has 0 saturated heterocycles. The summed E-state index contributed by atoms with van der Waals surface area (Å²) in [6.45, 7) is 0. The van der Waals surface area contributed by atoms with Gasteiger partial charge in [-0.15, -0.1) is 0 Å². The Kier molecular flexibility index (Phi) is 5.46. The van der Waals surface area contributed by atoms with Gasteiger partial charge in [-0.2, -0.15) is 17.9 Å². The molecule has 0 fully saturated rings. The van der Waals surface area contributed by atoms with E-state index in [9.17, 15) is 8.42 Å². The van der Waals surface area contributed by atoms with Gasteiger partial charge >= 0.3 is 0 Å². The zero-order valence-corrected chi connectivity index (χ0v) is 17.5. The molecule has 30 heavy (non-hydrogen) atoms. The predicted octanol–water partition coefficient (Wildman–Crippen LogP) is 4.24. The molecule has 0 spiro atoms. The normalized spacial score (nSPS) is 16.3. The Balaban J connectivity index is 1.84. The lowest BCUT2D eigenvalue weighted by Gasteiger charge is -2.23. The van der Waals surface area contributed by atoms with Crippen molar-refractivity contribution in [2.45, 2.75) is 17.4 Å². The van der Waals surface area contributed by atoms with Gasteiger partial charge in [0.2, 0.25) is 0 Å². The van der Waals surface area contributed by atoms with E-state index in [2.05, 4.69) is 5.10 Å². The van der Waals surface area contributed by atoms with Crippen LogP contribution in [0.25, 0.3) is 0 Å². The van der Waals surface area contributed by atoms with Crippen LogP contribution >= 0.6 is 0 Å². The van der Waals surface area contributed by atoms with Crippen molar-refractivity contribution in [2.75, 3.05) is 14.2 Å². The van der Waals surface area contributed by atoms with Crippen LogP contribution in [0.15, 0.2) is 88.9 Å². The fraction of sp³-hybridized carbons (Fsp3) is 0.174. The van der Waals surface area contributed by atoms with Gasteiger partial charge in [0.05, 0.1) is 30.9 Å². The van der Waals surface area contributed by atoms with Crippen LogP contribution < -0.4 is 9.47 Å². The number of nitrogens with zero attached hydrogens (tertiary/aromatic N) is 2. The zero-order valence-electron chi connectivity index (χ0n) is 16.7. The summed E-state index contributed by atoms with van der Waals surface area (Å²) in [7, 11) is -0.677. The summed E-state index contributed by atoms with van der Waals surface area (Å²) in [5.74, 6) is 1.26. The quantitative estimate of drug-likeness (QED) is 0.596. The highest BCUT2D eigenvalue weighted by Gasteiger charge is 2.38. The molecule has 3 aromatic carbocycles. The Morgan fingerprint density at radius 2 is 1.57 bits per heavy atom. The van der Waals surface area contributed by atoms with Crippen LogP contribution in [-0.4, -0.2) is 32.8 Å². The van der Waals surface area contributed by atoms with Crippen LogP contribution in [0, 0.1) is 0 Å². The van der Waals surface area contributed by atoms with Crippen molar-refractivity contribution in [2.24, 2.45) is 5.10 Å². The molecule has 6 nitrogen and oxygen atoms in total. The smallest absolute Gasteiger partial charge is 0.279 e. The van der Waals surface area contributed by atoms with Crippen molar-refractivity contribution in [3.8, 4) is 11.5 Å². The van der Waals surface area contributed by atoms with Gasteiger partial charge in [-0.05, 0) is 35.9 Å². The van der Waals surface area contributed by atoms with Crippen LogP contribution in [0.5, 0.6) is 11.5 Å². The molecule has 0 bridgehead atoms. The summed E-state index contributed by atoms with van der Waals surface area (Å²) in [5.41, 5.74) is 2.21. The molecule has 7 heteroatoms. The second-order valence-electron chi connectivity index (χ2n) is 6.83. The van der Waals surface area contributed by atoms with Crippen LogP contribution in [0.1, 0.15) is 23.6 Å². The maximum Gasteiger partial charge on any atom is 0.279 e. The summed E-state index contributed by atoms with van der Waals surface area (Å²) < 4.78 is 38.9. The van der Waals surface area contributed by atoms with Crippen LogP contribution in [0.4, 0.5) is 0 Å². The maximum absolute atomic E-state index is 13.4. The lowest BCUT2D eigenvalue weighted by molar-refractivity contribution is 0.371. The van der Waals surface area contributed by atoms with Gasteiger partial charge in [-0.25, -0.2) is 0 Å². The van der Waals surface area contributed by atoms with Crippen molar-refractivity contribution in [1.29, 1.82) is 0 Å². The number of benzene rings is 3. The number of methoxy groups -OCH3 is 2. The molecule has 0 radical (unpaired) electrons. The van der Waals surface area contributed by atoms with E-state index in [1.54, 1.807) is 56.7 Å². The average Bonchev–Trinajstić information content (AvgIpc) is 3.26. The van der Waals surface area contributed by atoms with Crippen LogP contribution in [0.3, 0.4) is 0 Å². The minimum atomic E-state index is -3.84. The number of hydrogen-bond donors (Lipinski definition) is 0. The molecule has 0 unspecified atom stereocenters. The minimum Gasteiger partial charge on any atom is -0.497 e. The standard InChI is InChI=1S/C23H22N2O4S/c1-28-18-13-14-23(29-2)20(15-18)21-16-22(17-9-5-3-6-10-17)25(24-21)30(26,27)19-11-7-4-8-12-19/h3-15,22H,16H2,1-2H3/t22-/m0/s1. The van der Waals surface area contributed by atoms with Gasteiger partial charge in [-0.3, -0.25) is 0 Å². The Hall–Kier alpha value is -3.32. The fourth-order valence-corrected chi connectivity index (χ4v) is 4.99. The first-order valence-electron chi connectivity index (χ1n) is 9.49. The highest BCUT2D eigenvalue weighted by Crippen LogP contribution is 2.39. The first-order chi connectivity index (χ1) is 14.5. The molecular formula is C23H22N2O4S. The van der Waals surface area contributed by atoms with E-state index in [4.69, 9.17) is 9.47 Å². The van der Waals surface area contributed by atoms with Crippen molar-refractivity contribution >= 4 is 15.7 Å². The van der Waals surface area contributed by atoms with Crippen molar-refractivity contribution in [1.82, 2.24) is 4.41 Å². The van der Waals surface area contributed by atoms with E-state index >= 15 is 0 Å². The lowest BCUT2D eigenvalue weighted by Crippen LogP contribution is -2.27. The second kappa shape index (κ2) is 8.20. The number of hydrogen-bond acceptors (Lipinski definition) is 5. The Labute approximate surface area is 176 Å². The van der Waals surface area contributed by atoms with Crippen molar-refractivity contribution < 1.29 is 17.9 Å². The molecule has 3 aromatic rings. The summed E-state index contributed by atoms with van der Waals surface area (Å²) in [5, 5.41) is 4.57. The average molecular weight is 423 g/mol. The van der Waals surface area contributed by atoms with E-state index in [1.165, 1.54) is 4.41 Å². The molecule has 0 aromatic heterocycles. The second-order valence-corrected chi connectivity index (χ2v) is 8.63. The molecule has 154 valence electrons. The molecule has 1 heterocycles. The molecule has 1 aliphatic heterocycles. The monoisotopic (exact) mass is 422 g/mol. The van der Waals surface area contributed by atoms with Gasteiger partial charge in [0.25, 0.3) is 10.0 Å². The molecule has 1 aliphatic rings. The first-order valence-corrected chi connectivity index (χ1v) is 10.9. The van der Waals surface area contributed by atoms with Gasteiger partial charge in [-0.1, -0.05) is 48.5 Å². The molecule has 4 rings (SSSR count). The van der Waals surface area contributed by atoms with Crippen molar-refractivity contribution in [3.63, 3.8) is 0 Å². The minimum absolute atomic E-state index is 0.202. The van der Waals surface area contributed by atoms with Crippen LogP contribution in [-0.2, 0) is 10.0 Å². The molecule has 0 aliphatic carbocycles. The zero-order chi connectivity index (χ0) is 21.1. The van der Waals surface area contributed by atoms with Gasteiger partial charge < -0.3 is 9.47 Å². The maximum atomic E-state index is 13.4. The number of rotatable bonds is 6. The molecular weight excluding hydrogens is 400 g/mol. The third-order valence-electron chi connectivity index (χ3n) is 5.06. The summed E-state index contributed by atoms with van der Waals surface area (Å²) >= 11 is 0. The Morgan fingerprint density at radius 1 is 0.900 bits per heavy atom. The molecule has 0 saturated carbocycles. The number of ether oxygens (including phenoxy) is 2. The van der Waals surface area contributed by atoms with E-state index < -0.39 is 16.1 Å². The van der Waals surface area contributed by atoms with E-state index in [0.29, 0.717) is 29.2 Å². The number of sulfonamides is 1. The molecule has 1 atom stereocenters. The van der Waals surface area contributed by atoms with Gasteiger partial charge in [0.1, 0.15) is 11.5 Å². The predicted molar refractivity (Wildman–Crippen MR) is 115 cm³/mol. The third-order valence-corrected chi connectivity index (χ3v) is 6.76. The topological polar surface area (TPSA) is 68.2 Å². The largest absolute Gasteiger partial charge is 0.497 e. The van der Waals surface area contributed by atoms with E-state index in [0.717, 1.165) is 5.56 Å². The van der Waals surface area contributed by atoms with Crippen LogP contribution in [0.2, 0.25) is 0 Å². The highest BCUT2D eigenvalue weighted by atomic mass is 32.2. The fourth-order valence-electron chi connectivity index (χ4n) is 3.54. The van der Waals surface area contributed by atoms with Crippen molar-refractivity contribution in [3.05, 3.63) is 90.0 Å². The van der Waals surface area contributed by atoms with E-state index in [-0.39, 0.29) is 4.90 Å². The summed E-state index contributed by atoms with van der Waals surface area (Å²) in [6, 6.07) is 22.8. The Bertz CT molecular complexity index is 1160. The molecule has 0 amide bonds.